The van der Waals surface area contributed by atoms with Crippen LogP contribution in [0.4, 0.5) is 18.9 Å². The first-order valence-electron chi connectivity index (χ1n) is 9.67. The molecule has 0 unspecified atom stereocenters. The zero-order chi connectivity index (χ0) is 22.1. The van der Waals surface area contributed by atoms with Gasteiger partial charge in [-0.15, -0.1) is 0 Å². The van der Waals surface area contributed by atoms with Crippen molar-refractivity contribution in [2.24, 2.45) is 5.10 Å². The van der Waals surface area contributed by atoms with Gasteiger partial charge in [0, 0.05) is 12.6 Å². The second-order valence-electron chi connectivity index (χ2n) is 6.67. The molecule has 160 valence electrons. The van der Waals surface area contributed by atoms with Gasteiger partial charge in [0.1, 0.15) is 5.71 Å². The molecular weight excluding hydrogens is 391 g/mol. The van der Waals surface area contributed by atoms with Gasteiger partial charge >= 0.3 is 6.18 Å². The van der Waals surface area contributed by atoms with Crippen LogP contribution >= 0.6 is 0 Å². The fourth-order valence-corrected chi connectivity index (χ4v) is 2.59. The number of hydrazone groups is 1. The van der Waals surface area contributed by atoms with Gasteiger partial charge in [0.05, 0.1) is 11.9 Å². The summed E-state index contributed by atoms with van der Waals surface area (Å²) in [7, 11) is 1.52. The lowest BCUT2D eigenvalue weighted by atomic mass is 10.1. The minimum absolute atomic E-state index is 0.138. The van der Waals surface area contributed by atoms with Crippen LogP contribution in [0, 0.1) is 6.92 Å². The summed E-state index contributed by atoms with van der Waals surface area (Å²) in [4.78, 5) is 3.85. The van der Waals surface area contributed by atoms with E-state index in [-0.39, 0.29) is 6.42 Å². The van der Waals surface area contributed by atoms with Crippen molar-refractivity contribution in [3.8, 4) is 11.3 Å². The van der Waals surface area contributed by atoms with Crippen molar-refractivity contribution in [3.63, 3.8) is 0 Å². The van der Waals surface area contributed by atoms with E-state index >= 15 is 0 Å². The van der Waals surface area contributed by atoms with Gasteiger partial charge in [-0.25, -0.2) is 4.98 Å². The van der Waals surface area contributed by atoms with Crippen LogP contribution in [-0.2, 0) is 6.42 Å². The van der Waals surface area contributed by atoms with E-state index < -0.39 is 11.9 Å². The van der Waals surface area contributed by atoms with E-state index in [1.807, 2.05) is 31.2 Å². The Morgan fingerprint density at radius 2 is 1.67 bits per heavy atom. The van der Waals surface area contributed by atoms with Crippen LogP contribution < -0.4 is 5.01 Å². The number of oxazole rings is 1. The maximum Gasteiger partial charge on any atom is 0.431 e. The summed E-state index contributed by atoms with van der Waals surface area (Å²) in [6.07, 6.45) is -0.455. The van der Waals surface area contributed by atoms with E-state index in [4.69, 9.17) is 4.42 Å². The second-order valence-corrected chi connectivity index (χ2v) is 6.67. The molecule has 0 fully saturated rings. The van der Waals surface area contributed by atoms with E-state index in [1.54, 1.807) is 18.3 Å². The highest BCUT2D eigenvalue weighted by Gasteiger charge is 2.34. The smallest absolute Gasteiger partial charge is 0.431 e. The molecule has 0 aliphatic carbocycles. The van der Waals surface area contributed by atoms with Crippen molar-refractivity contribution in [1.82, 2.24) is 4.98 Å². The van der Waals surface area contributed by atoms with Crippen LogP contribution in [0.2, 0.25) is 0 Å². The van der Waals surface area contributed by atoms with Gasteiger partial charge in [0.25, 0.3) is 0 Å². The van der Waals surface area contributed by atoms with Crippen LogP contribution in [0.25, 0.3) is 11.3 Å². The lowest BCUT2D eigenvalue weighted by Crippen LogP contribution is -2.26. The minimum Gasteiger partial charge on any atom is -0.444 e. The Hall–Kier alpha value is -3.09. The molecule has 3 rings (SSSR count). The third-order valence-corrected chi connectivity index (χ3v) is 4.42. The molecule has 7 heteroatoms. The van der Waals surface area contributed by atoms with Gasteiger partial charge in [-0.2, -0.15) is 18.3 Å². The van der Waals surface area contributed by atoms with Gasteiger partial charge in [-0.1, -0.05) is 55.8 Å². The number of halogens is 3. The lowest BCUT2D eigenvalue weighted by molar-refractivity contribution is -0.0605. The molecule has 0 saturated heterocycles. The summed E-state index contributed by atoms with van der Waals surface area (Å²) in [5.74, 6) is 0.815. The molecule has 3 aromatic rings. The van der Waals surface area contributed by atoms with Gasteiger partial charge < -0.3 is 4.42 Å². The number of aryl methyl sites for hydroxylation is 2. The zero-order valence-corrected chi connectivity index (χ0v) is 17.6. The molecule has 0 saturated carbocycles. The van der Waals surface area contributed by atoms with E-state index in [1.165, 1.54) is 30.9 Å². The zero-order valence-electron chi connectivity index (χ0n) is 17.6. The first-order valence-corrected chi connectivity index (χ1v) is 9.67. The third-order valence-electron chi connectivity index (χ3n) is 4.42. The maximum atomic E-state index is 12.6. The highest BCUT2D eigenvalue weighted by molar-refractivity contribution is 5.90. The minimum atomic E-state index is -4.37. The first-order chi connectivity index (χ1) is 14.2. The molecule has 1 heterocycles. The lowest BCUT2D eigenvalue weighted by Gasteiger charge is -2.17. The van der Waals surface area contributed by atoms with Crippen molar-refractivity contribution in [2.75, 3.05) is 12.1 Å². The molecule has 4 nitrogen and oxygen atoms in total. The predicted molar refractivity (Wildman–Crippen MR) is 115 cm³/mol. The summed E-state index contributed by atoms with van der Waals surface area (Å²) >= 11 is 0. The average Bonchev–Trinajstić information content (AvgIpc) is 3.27. The van der Waals surface area contributed by atoms with E-state index in [2.05, 4.69) is 29.1 Å². The first kappa shape index (κ1) is 23.2. The SMILES string of the molecule is CC/C(=N\N(C)c1ccc(CC)cc1)C(F)(F)F.Cc1ccc(-c2cnco2)cc1. The Morgan fingerprint density at radius 3 is 2.13 bits per heavy atom. The van der Waals surface area contributed by atoms with Gasteiger partial charge in [0.15, 0.2) is 12.2 Å². The number of aromatic nitrogens is 1. The number of benzene rings is 2. The van der Waals surface area contributed by atoms with Crippen molar-refractivity contribution in [1.29, 1.82) is 0 Å². The van der Waals surface area contributed by atoms with Gasteiger partial charge in [-0.05, 0) is 37.5 Å². The van der Waals surface area contributed by atoms with Crippen molar-refractivity contribution in [2.45, 2.75) is 39.8 Å². The molecule has 0 radical (unpaired) electrons. The van der Waals surface area contributed by atoms with Crippen molar-refractivity contribution < 1.29 is 17.6 Å². The number of hydrogen-bond donors (Lipinski definition) is 0. The van der Waals surface area contributed by atoms with Crippen LogP contribution in [0.3, 0.4) is 0 Å². The summed E-state index contributed by atoms with van der Waals surface area (Å²) < 4.78 is 42.8. The maximum absolute atomic E-state index is 12.6. The van der Waals surface area contributed by atoms with Crippen LogP contribution in [0.5, 0.6) is 0 Å². The Kier molecular flexibility index (Phi) is 8.21. The van der Waals surface area contributed by atoms with E-state index in [0.29, 0.717) is 5.69 Å². The summed E-state index contributed by atoms with van der Waals surface area (Å²) in [6.45, 7) is 5.53. The predicted octanol–water partition coefficient (Wildman–Crippen LogP) is 6.66. The summed E-state index contributed by atoms with van der Waals surface area (Å²) in [6, 6.07) is 15.5. The van der Waals surface area contributed by atoms with Crippen molar-refractivity contribution in [3.05, 3.63) is 72.2 Å². The van der Waals surface area contributed by atoms with Crippen LogP contribution in [0.1, 0.15) is 31.4 Å². The molecule has 1 aromatic heterocycles. The molecule has 0 N–H and O–H groups in total. The fourth-order valence-electron chi connectivity index (χ4n) is 2.59. The molecule has 0 aliphatic rings. The Balaban J connectivity index is 0.000000230. The second kappa shape index (κ2) is 10.6. The number of rotatable bonds is 5. The number of alkyl halides is 3. The summed E-state index contributed by atoms with van der Waals surface area (Å²) in [5.41, 5.74) is 3.32. The Bertz CT molecular complexity index is 916. The van der Waals surface area contributed by atoms with Gasteiger partial charge in [-0.3, -0.25) is 5.01 Å². The van der Waals surface area contributed by atoms with Gasteiger partial charge in [0.2, 0.25) is 0 Å². The molecule has 30 heavy (non-hydrogen) atoms. The van der Waals surface area contributed by atoms with Crippen LogP contribution in [-0.4, -0.2) is 23.9 Å². The normalized spacial score (nSPS) is 11.6. The molecule has 0 amide bonds. The third kappa shape index (κ3) is 6.76. The fraction of sp³-hybridized carbons (Fsp3) is 0.304. The standard InChI is InChI=1S/C13H17F3N2.C10H9NO/c1-4-10-6-8-11(9-7-10)18(3)17-12(5-2)13(14,15)16;1-8-2-4-9(5-3-8)10-6-11-7-12-10/h6-9H,4-5H2,1-3H3;2-7H,1H3/b17-12+;. The molecule has 0 atom stereocenters. The monoisotopic (exact) mass is 417 g/mol. The topological polar surface area (TPSA) is 41.6 Å². The molecule has 0 aliphatic heterocycles. The number of hydrogen-bond acceptors (Lipinski definition) is 4. The number of nitrogens with zero attached hydrogens (tertiary/aromatic N) is 3. The largest absolute Gasteiger partial charge is 0.444 e. The highest BCUT2D eigenvalue weighted by atomic mass is 19.4. The summed E-state index contributed by atoms with van der Waals surface area (Å²) in [5, 5.41) is 4.87. The molecular formula is C23H26F3N3O. The Morgan fingerprint density at radius 1 is 1.03 bits per heavy atom. The highest BCUT2D eigenvalue weighted by Crippen LogP contribution is 2.22. The quantitative estimate of drug-likeness (QED) is 0.344. The average molecular weight is 417 g/mol. The molecule has 2 aromatic carbocycles. The van der Waals surface area contributed by atoms with Crippen molar-refractivity contribution >= 4 is 11.4 Å². The Labute approximate surface area is 175 Å². The molecule has 0 spiro atoms. The van der Waals surface area contributed by atoms with E-state index in [9.17, 15) is 13.2 Å². The van der Waals surface area contributed by atoms with E-state index in [0.717, 1.165) is 23.3 Å². The van der Waals surface area contributed by atoms with Crippen LogP contribution in [0.15, 0.2) is 70.6 Å². The molecule has 0 bridgehead atoms. The number of anilines is 1.